The monoisotopic (exact) mass is 388 g/mol. The van der Waals surface area contributed by atoms with Crippen LogP contribution in [0.2, 0.25) is 0 Å². The van der Waals surface area contributed by atoms with Crippen LogP contribution in [0.1, 0.15) is 19.4 Å². The van der Waals surface area contributed by atoms with Crippen LogP contribution < -0.4 is 11.1 Å². The van der Waals surface area contributed by atoms with E-state index in [2.05, 4.69) is 15.9 Å². The van der Waals surface area contributed by atoms with E-state index in [0.29, 0.717) is 5.75 Å². The van der Waals surface area contributed by atoms with Crippen molar-refractivity contribution in [3.8, 4) is 0 Å². The van der Waals surface area contributed by atoms with Crippen LogP contribution in [0.25, 0.3) is 0 Å². The van der Waals surface area contributed by atoms with Crippen molar-refractivity contribution in [2.45, 2.75) is 31.0 Å². The van der Waals surface area contributed by atoms with Crippen LogP contribution in [0.3, 0.4) is 0 Å². The van der Waals surface area contributed by atoms with Gasteiger partial charge >= 0.3 is 12.0 Å². The van der Waals surface area contributed by atoms with Crippen molar-refractivity contribution in [3.05, 3.63) is 34.3 Å². The van der Waals surface area contributed by atoms with Crippen LogP contribution in [0.15, 0.2) is 28.7 Å². The minimum absolute atomic E-state index is 0.438. The maximum absolute atomic E-state index is 11.9. The summed E-state index contributed by atoms with van der Waals surface area (Å²) < 4.78 is 5.98. The number of thioether (sulfide) groups is 1. The molecule has 22 heavy (non-hydrogen) atoms. The van der Waals surface area contributed by atoms with Gasteiger partial charge in [-0.1, -0.05) is 28.1 Å². The molecule has 3 N–H and O–H groups in total. The molecule has 3 amide bonds. The lowest BCUT2D eigenvalue weighted by atomic mass is 10.2. The molecule has 1 aromatic carbocycles. The number of nitrogens with one attached hydrogen (secondary N) is 1. The number of hydrogen-bond donors (Lipinski definition) is 2. The molecule has 0 saturated heterocycles. The number of carbonyl (C=O) groups is 3. The Balaban J connectivity index is 2.42. The fraction of sp³-hybridized carbons (Fsp3) is 0.357. The molecule has 8 heteroatoms. The molecule has 0 aliphatic heterocycles. The molecule has 2 atom stereocenters. The van der Waals surface area contributed by atoms with Gasteiger partial charge in [0.25, 0.3) is 5.91 Å². The number of ether oxygens (including phenoxy) is 1. The second kappa shape index (κ2) is 8.79. The highest BCUT2D eigenvalue weighted by atomic mass is 79.9. The molecule has 0 aliphatic rings. The zero-order valence-electron chi connectivity index (χ0n) is 12.2. The van der Waals surface area contributed by atoms with E-state index in [-0.39, 0.29) is 0 Å². The van der Waals surface area contributed by atoms with Gasteiger partial charge in [0.2, 0.25) is 0 Å². The smallest absolute Gasteiger partial charge is 0.319 e. The number of esters is 1. The number of benzene rings is 1. The second-order valence-electron chi connectivity index (χ2n) is 4.51. The average molecular weight is 389 g/mol. The van der Waals surface area contributed by atoms with Crippen molar-refractivity contribution < 1.29 is 19.1 Å². The first kappa shape index (κ1) is 18.5. The zero-order valence-corrected chi connectivity index (χ0v) is 14.6. The van der Waals surface area contributed by atoms with E-state index < -0.39 is 29.3 Å². The summed E-state index contributed by atoms with van der Waals surface area (Å²) in [7, 11) is 0. The van der Waals surface area contributed by atoms with Gasteiger partial charge in [0, 0.05) is 10.2 Å². The summed E-state index contributed by atoms with van der Waals surface area (Å²) in [5.74, 6) is -0.619. The van der Waals surface area contributed by atoms with Crippen molar-refractivity contribution in [2.24, 2.45) is 5.73 Å². The molecule has 0 unspecified atom stereocenters. The summed E-state index contributed by atoms with van der Waals surface area (Å²) >= 11 is 4.75. The van der Waals surface area contributed by atoms with Gasteiger partial charge in [-0.3, -0.25) is 14.9 Å². The molecule has 0 fully saturated rings. The first-order chi connectivity index (χ1) is 10.3. The van der Waals surface area contributed by atoms with Gasteiger partial charge in [-0.25, -0.2) is 4.79 Å². The quantitative estimate of drug-likeness (QED) is 0.727. The Morgan fingerprint density at radius 3 is 2.41 bits per heavy atom. The van der Waals surface area contributed by atoms with Gasteiger partial charge < -0.3 is 10.5 Å². The summed E-state index contributed by atoms with van der Waals surface area (Å²) in [5, 5.41) is 1.42. The molecular formula is C14H17BrN2O4S. The Labute approximate surface area is 141 Å². The fourth-order valence-electron chi connectivity index (χ4n) is 1.42. The zero-order chi connectivity index (χ0) is 16.7. The number of urea groups is 1. The molecular weight excluding hydrogens is 372 g/mol. The lowest BCUT2D eigenvalue weighted by Gasteiger charge is -2.15. The number of primary amides is 1. The van der Waals surface area contributed by atoms with Crippen molar-refractivity contribution in [1.82, 2.24) is 5.32 Å². The van der Waals surface area contributed by atoms with Crippen molar-refractivity contribution in [2.75, 3.05) is 0 Å². The highest BCUT2D eigenvalue weighted by molar-refractivity contribution is 9.10. The SMILES string of the molecule is C[C@@H](OC(=O)[C@@H](C)SCc1ccc(Br)cc1)C(=O)NC(N)=O. The minimum Gasteiger partial charge on any atom is -0.452 e. The van der Waals surface area contributed by atoms with E-state index in [1.54, 1.807) is 6.92 Å². The lowest BCUT2D eigenvalue weighted by Crippen LogP contribution is -2.42. The van der Waals surface area contributed by atoms with Gasteiger partial charge in [-0.05, 0) is 31.5 Å². The summed E-state index contributed by atoms with van der Waals surface area (Å²) in [4.78, 5) is 33.9. The number of nitrogens with two attached hydrogens (primary N) is 1. The first-order valence-electron chi connectivity index (χ1n) is 6.46. The average Bonchev–Trinajstić information content (AvgIpc) is 2.45. The molecule has 0 spiro atoms. The van der Waals surface area contributed by atoms with E-state index in [9.17, 15) is 14.4 Å². The topological polar surface area (TPSA) is 98.5 Å². The number of hydrogen-bond acceptors (Lipinski definition) is 5. The third kappa shape index (κ3) is 6.48. The van der Waals surface area contributed by atoms with E-state index in [0.717, 1.165) is 10.0 Å². The normalized spacial score (nSPS) is 13.0. The molecule has 0 aromatic heterocycles. The second-order valence-corrected chi connectivity index (χ2v) is 6.76. The lowest BCUT2D eigenvalue weighted by molar-refractivity contribution is -0.153. The molecule has 1 aromatic rings. The van der Waals surface area contributed by atoms with E-state index in [4.69, 9.17) is 10.5 Å². The summed E-state index contributed by atoms with van der Waals surface area (Å²) in [6.45, 7) is 3.08. The molecule has 0 saturated carbocycles. The van der Waals surface area contributed by atoms with Gasteiger partial charge in [0.15, 0.2) is 6.10 Å². The Hall–Kier alpha value is -1.54. The number of amides is 3. The molecule has 0 heterocycles. The molecule has 6 nitrogen and oxygen atoms in total. The van der Waals surface area contributed by atoms with Crippen LogP contribution in [-0.4, -0.2) is 29.3 Å². The third-order valence-corrected chi connectivity index (χ3v) is 4.37. The van der Waals surface area contributed by atoms with Gasteiger partial charge in [-0.15, -0.1) is 11.8 Å². The Bertz CT molecular complexity index is 550. The van der Waals surface area contributed by atoms with Gasteiger partial charge in [0.05, 0.1) is 5.25 Å². The maximum Gasteiger partial charge on any atom is 0.319 e. The van der Waals surface area contributed by atoms with Crippen LogP contribution in [0, 0.1) is 0 Å². The van der Waals surface area contributed by atoms with E-state index in [1.807, 2.05) is 29.6 Å². The Morgan fingerprint density at radius 1 is 1.27 bits per heavy atom. The highest BCUT2D eigenvalue weighted by Gasteiger charge is 2.22. The largest absolute Gasteiger partial charge is 0.452 e. The Kier molecular flexibility index (Phi) is 7.40. The van der Waals surface area contributed by atoms with Crippen molar-refractivity contribution in [1.29, 1.82) is 0 Å². The predicted octanol–water partition coefficient (Wildman–Crippen LogP) is 2.20. The number of rotatable bonds is 6. The molecule has 120 valence electrons. The van der Waals surface area contributed by atoms with Crippen LogP contribution in [0.4, 0.5) is 4.79 Å². The van der Waals surface area contributed by atoms with Gasteiger partial charge in [0.1, 0.15) is 0 Å². The number of carbonyl (C=O) groups excluding carboxylic acids is 3. The minimum atomic E-state index is -1.07. The molecule has 0 bridgehead atoms. The summed E-state index contributed by atoms with van der Waals surface area (Å²) in [5.41, 5.74) is 5.90. The Morgan fingerprint density at radius 2 is 1.86 bits per heavy atom. The molecule has 0 radical (unpaired) electrons. The van der Waals surface area contributed by atoms with Crippen LogP contribution in [-0.2, 0) is 20.1 Å². The van der Waals surface area contributed by atoms with E-state index >= 15 is 0 Å². The maximum atomic E-state index is 11.9. The predicted molar refractivity (Wildman–Crippen MR) is 88.2 cm³/mol. The number of halogens is 1. The van der Waals surface area contributed by atoms with Crippen LogP contribution in [0.5, 0.6) is 0 Å². The standard InChI is InChI=1S/C14H17BrN2O4S/c1-8(12(18)17-14(16)20)21-13(19)9(2)22-7-10-3-5-11(15)6-4-10/h3-6,8-9H,7H2,1-2H3,(H3,16,17,18,20)/t8-,9-/m1/s1. The van der Waals surface area contributed by atoms with Crippen LogP contribution >= 0.6 is 27.7 Å². The molecule has 1 rings (SSSR count). The van der Waals surface area contributed by atoms with Gasteiger partial charge in [-0.2, -0.15) is 0 Å². The van der Waals surface area contributed by atoms with Crippen molar-refractivity contribution in [3.63, 3.8) is 0 Å². The van der Waals surface area contributed by atoms with E-state index in [1.165, 1.54) is 18.7 Å². The first-order valence-corrected chi connectivity index (χ1v) is 8.30. The highest BCUT2D eigenvalue weighted by Crippen LogP contribution is 2.20. The molecule has 0 aliphatic carbocycles. The third-order valence-electron chi connectivity index (χ3n) is 2.65. The summed E-state index contributed by atoms with van der Waals surface area (Å²) in [6.07, 6.45) is -1.07. The summed E-state index contributed by atoms with van der Waals surface area (Å²) in [6, 6.07) is 6.78. The number of imide groups is 1. The van der Waals surface area contributed by atoms with Crippen molar-refractivity contribution >= 4 is 45.6 Å². The fourth-order valence-corrected chi connectivity index (χ4v) is 2.51.